The minimum absolute atomic E-state index is 0.0497. The molecule has 0 N–H and O–H groups in total. The van der Waals surface area contributed by atoms with Gasteiger partial charge in [0.2, 0.25) is 0 Å². The van der Waals surface area contributed by atoms with E-state index in [4.69, 9.17) is 4.74 Å². The summed E-state index contributed by atoms with van der Waals surface area (Å²) in [6.45, 7) is 0. The number of benzene rings is 2. The fourth-order valence-corrected chi connectivity index (χ4v) is 1.75. The molecule has 0 aromatic heterocycles. The van der Waals surface area contributed by atoms with Gasteiger partial charge in [-0.05, 0) is 29.8 Å². The highest BCUT2D eigenvalue weighted by molar-refractivity contribution is 5.37. The van der Waals surface area contributed by atoms with Crippen molar-refractivity contribution in [3.63, 3.8) is 0 Å². The zero-order valence-corrected chi connectivity index (χ0v) is 10.9. The van der Waals surface area contributed by atoms with Crippen LogP contribution in [0.1, 0.15) is 17.2 Å². The summed E-state index contributed by atoms with van der Waals surface area (Å²) in [7, 11) is 1.70. The predicted octanol–water partition coefficient (Wildman–Crippen LogP) is 3.98. The lowest BCUT2D eigenvalue weighted by Crippen LogP contribution is -1.96. The first kappa shape index (κ1) is 13.1. The van der Waals surface area contributed by atoms with Crippen LogP contribution < -0.4 is 0 Å². The molecule has 0 aliphatic carbocycles. The Labute approximate surface area is 114 Å². The number of hydrogen-bond donors (Lipinski definition) is 0. The van der Waals surface area contributed by atoms with E-state index >= 15 is 0 Å². The van der Waals surface area contributed by atoms with Crippen LogP contribution in [-0.4, -0.2) is 7.11 Å². The van der Waals surface area contributed by atoms with E-state index < -0.39 is 0 Å². The highest BCUT2D eigenvalue weighted by Crippen LogP contribution is 2.16. The second-order valence-corrected chi connectivity index (χ2v) is 4.06. The van der Waals surface area contributed by atoms with Gasteiger partial charge in [-0.15, -0.1) is 0 Å². The maximum absolute atomic E-state index is 5.43. The van der Waals surface area contributed by atoms with E-state index in [1.165, 1.54) is 0 Å². The normalized spacial score (nSPS) is 11.8. The fraction of sp³-hybridized carbons (Fsp3) is 0.111. The standard InChI is InChI=1S/C18H16O/c1-19-18(17-13-6-3-7-14-17)15-9-8-12-16-10-4-2-5-11-16/h2-7,9-11,13-15,18H,1H3/b15-9+. The molecule has 2 aromatic carbocycles. The Morgan fingerprint density at radius 2 is 1.58 bits per heavy atom. The number of hydrogen-bond acceptors (Lipinski definition) is 1. The molecule has 0 radical (unpaired) electrons. The first-order valence-electron chi connectivity index (χ1n) is 6.21. The van der Waals surface area contributed by atoms with Crippen molar-refractivity contribution in [2.75, 3.05) is 7.11 Å². The van der Waals surface area contributed by atoms with Crippen LogP contribution in [0, 0.1) is 11.8 Å². The van der Waals surface area contributed by atoms with E-state index in [0.717, 1.165) is 11.1 Å². The van der Waals surface area contributed by atoms with Crippen LogP contribution in [0.3, 0.4) is 0 Å². The molecule has 1 unspecified atom stereocenters. The molecule has 0 amide bonds. The highest BCUT2D eigenvalue weighted by Gasteiger charge is 2.03. The Hall–Kier alpha value is -2.30. The number of methoxy groups -OCH3 is 1. The highest BCUT2D eigenvalue weighted by atomic mass is 16.5. The summed E-state index contributed by atoms with van der Waals surface area (Å²) in [4.78, 5) is 0. The second kappa shape index (κ2) is 7.20. The van der Waals surface area contributed by atoms with Gasteiger partial charge in [0, 0.05) is 12.7 Å². The van der Waals surface area contributed by atoms with Gasteiger partial charge in [-0.2, -0.15) is 0 Å². The Balaban J connectivity index is 2.04. The monoisotopic (exact) mass is 248 g/mol. The average molecular weight is 248 g/mol. The SMILES string of the molecule is COC(/C=C/C#Cc1ccccc1)c1ccccc1. The molecule has 2 rings (SSSR count). The molecule has 0 bridgehead atoms. The van der Waals surface area contributed by atoms with E-state index in [2.05, 4.69) is 11.8 Å². The molecular weight excluding hydrogens is 232 g/mol. The Kier molecular flexibility index (Phi) is 4.98. The molecule has 2 aromatic rings. The summed E-state index contributed by atoms with van der Waals surface area (Å²) in [5.74, 6) is 6.11. The largest absolute Gasteiger partial charge is 0.373 e. The quantitative estimate of drug-likeness (QED) is 0.746. The van der Waals surface area contributed by atoms with Crippen LogP contribution in [0.25, 0.3) is 0 Å². The first-order chi connectivity index (χ1) is 9.40. The molecule has 0 heterocycles. The topological polar surface area (TPSA) is 9.23 Å². The lowest BCUT2D eigenvalue weighted by molar-refractivity contribution is 0.143. The third kappa shape index (κ3) is 4.13. The molecule has 1 heteroatoms. The summed E-state index contributed by atoms with van der Waals surface area (Å²) >= 11 is 0. The van der Waals surface area contributed by atoms with Crippen molar-refractivity contribution in [1.29, 1.82) is 0 Å². The molecule has 0 aliphatic heterocycles. The van der Waals surface area contributed by atoms with Crippen molar-refractivity contribution in [2.45, 2.75) is 6.10 Å². The lowest BCUT2D eigenvalue weighted by atomic mass is 10.1. The summed E-state index contributed by atoms with van der Waals surface area (Å²) in [5, 5.41) is 0. The summed E-state index contributed by atoms with van der Waals surface area (Å²) in [6, 6.07) is 20.0. The van der Waals surface area contributed by atoms with Crippen molar-refractivity contribution in [3.8, 4) is 11.8 Å². The molecule has 19 heavy (non-hydrogen) atoms. The van der Waals surface area contributed by atoms with Gasteiger partial charge < -0.3 is 4.74 Å². The maximum atomic E-state index is 5.43. The Bertz CT molecular complexity index is 573. The van der Waals surface area contributed by atoms with Crippen LogP contribution >= 0.6 is 0 Å². The van der Waals surface area contributed by atoms with Crippen LogP contribution in [0.15, 0.2) is 72.8 Å². The van der Waals surface area contributed by atoms with Crippen LogP contribution in [0.4, 0.5) is 0 Å². The Morgan fingerprint density at radius 3 is 2.21 bits per heavy atom. The van der Waals surface area contributed by atoms with Gasteiger partial charge in [-0.1, -0.05) is 60.4 Å². The van der Waals surface area contributed by atoms with Gasteiger partial charge in [0.25, 0.3) is 0 Å². The van der Waals surface area contributed by atoms with Gasteiger partial charge in [0.05, 0.1) is 0 Å². The van der Waals surface area contributed by atoms with Gasteiger partial charge >= 0.3 is 0 Å². The van der Waals surface area contributed by atoms with E-state index in [9.17, 15) is 0 Å². The van der Waals surface area contributed by atoms with E-state index in [1.54, 1.807) is 7.11 Å². The van der Waals surface area contributed by atoms with Crippen LogP contribution in [-0.2, 0) is 4.74 Å². The summed E-state index contributed by atoms with van der Waals surface area (Å²) in [6.07, 6.45) is 3.76. The van der Waals surface area contributed by atoms with Gasteiger partial charge in [0.1, 0.15) is 6.10 Å². The molecule has 0 spiro atoms. The number of rotatable bonds is 3. The third-order valence-corrected chi connectivity index (χ3v) is 2.73. The molecule has 1 nitrogen and oxygen atoms in total. The van der Waals surface area contributed by atoms with E-state index in [0.29, 0.717) is 0 Å². The minimum atomic E-state index is -0.0497. The number of allylic oxidation sites excluding steroid dienone is 1. The fourth-order valence-electron chi connectivity index (χ4n) is 1.75. The van der Waals surface area contributed by atoms with E-state index in [-0.39, 0.29) is 6.10 Å². The summed E-state index contributed by atoms with van der Waals surface area (Å²) < 4.78 is 5.43. The first-order valence-corrected chi connectivity index (χ1v) is 6.21. The molecule has 1 atom stereocenters. The smallest absolute Gasteiger partial charge is 0.101 e. The molecular formula is C18H16O. The van der Waals surface area contributed by atoms with Gasteiger partial charge in [-0.3, -0.25) is 0 Å². The zero-order valence-electron chi connectivity index (χ0n) is 10.9. The van der Waals surface area contributed by atoms with Crippen molar-refractivity contribution >= 4 is 0 Å². The second-order valence-electron chi connectivity index (χ2n) is 4.06. The molecule has 94 valence electrons. The lowest BCUT2D eigenvalue weighted by Gasteiger charge is -2.09. The third-order valence-electron chi connectivity index (χ3n) is 2.73. The van der Waals surface area contributed by atoms with Crippen molar-refractivity contribution in [2.24, 2.45) is 0 Å². The minimum Gasteiger partial charge on any atom is -0.373 e. The van der Waals surface area contributed by atoms with Crippen molar-refractivity contribution in [1.82, 2.24) is 0 Å². The zero-order chi connectivity index (χ0) is 13.3. The van der Waals surface area contributed by atoms with E-state index in [1.807, 2.05) is 72.8 Å². The van der Waals surface area contributed by atoms with Crippen LogP contribution in [0.2, 0.25) is 0 Å². The average Bonchev–Trinajstić information content (AvgIpc) is 2.49. The number of ether oxygens (including phenoxy) is 1. The molecule has 0 aliphatic rings. The molecule has 0 fully saturated rings. The van der Waals surface area contributed by atoms with Gasteiger partial charge in [-0.25, -0.2) is 0 Å². The maximum Gasteiger partial charge on any atom is 0.101 e. The van der Waals surface area contributed by atoms with Crippen LogP contribution in [0.5, 0.6) is 0 Å². The van der Waals surface area contributed by atoms with Crippen molar-refractivity contribution in [3.05, 3.63) is 83.9 Å². The molecule has 0 saturated carbocycles. The Morgan fingerprint density at radius 1 is 0.947 bits per heavy atom. The molecule has 0 saturated heterocycles. The summed E-state index contributed by atoms with van der Waals surface area (Å²) in [5.41, 5.74) is 2.14. The predicted molar refractivity (Wildman–Crippen MR) is 78.7 cm³/mol. The van der Waals surface area contributed by atoms with Crippen molar-refractivity contribution < 1.29 is 4.74 Å². The van der Waals surface area contributed by atoms with Gasteiger partial charge in [0.15, 0.2) is 0 Å².